The van der Waals surface area contributed by atoms with E-state index < -0.39 is 0 Å². The van der Waals surface area contributed by atoms with Gasteiger partial charge in [0.05, 0.1) is 28.3 Å². The Morgan fingerprint density at radius 3 is 2.78 bits per heavy atom. The van der Waals surface area contributed by atoms with Gasteiger partial charge in [-0.15, -0.1) is 21.5 Å². The molecule has 0 aliphatic carbocycles. The first-order valence-corrected chi connectivity index (χ1v) is 11.3. The van der Waals surface area contributed by atoms with E-state index >= 15 is 0 Å². The first-order valence-electron chi connectivity index (χ1n) is 9.99. The Balaban J connectivity index is 1.49. The van der Waals surface area contributed by atoms with Gasteiger partial charge in [0.15, 0.2) is 0 Å². The minimum atomic E-state index is -0.156. The van der Waals surface area contributed by atoms with E-state index in [2.05, 4.69) is 15.2 Å². The van der Waals surface area contributed by atoms with Crippen LogP contribution in [0.25, 0.3) is 11.5 Å². The molecule has 2 heterocycles. The summed E-state index contributed by atoms with van der Waals surface area (Å²) in [5.74, 6) is 1.10. The van der Waals surface area contributed by atoms with Gasteiger partial charge in [0, 0.05) is 17.0 Å². The number of thiazole rings is 1. The normalized spacial score (nSPS) is 11.0. The lowest BCUT2D eigenvalue weighted by atomic mass is 10.1. The van der Waals surface area contributed by atoms with Crippen LogP contribution in [0.15, 0.2) is 63.8 Å². The lowest BCUT2D eigenvalue weighted by Crippen LogP contribution is -2.36. The second-order valence-electron chi connectivity index (χ2n) is 7.30. The van der Waals surface area contributed by atoms with Gasteiger partial charge in [0.2, 0.25) is 11.8 Å². The summed E-state index contributed by atoms with van der Waals surface area (Å²) >= 11 is 7.73. The number of carbonyl (C=O) groups is 1. The monoisotopic (exact) mass is 468 g/mol. The molecule has 0 saturated heterocycles. The summed E-state index contributed by atoms with van der Waals surface area (Å²) in [6.45, 7) is 4.40. The van der Waals surface area contributed by atoms with E-state index in [0.717, 1.165) is 5.69 Å². The van der Waals surface area contributed by atoms with Crippen LogP contribution in [-0.4, -0.2) is 32.0 Å². The van der Waals surface area contributed by atoms with Crippen LogP contribution in [0.5, 0.6) is 5.75 Å². The third-order valence-corrected chi connectivity index (χ3v) is 5.68. The smallest absolute Gasteiger partial charge is 0.254 e. The average molecular weight is 469 g/mol. The summed E-state index contributed by atoms with van der Waals surface area (Å²) in [5.41, 5.74) is 3.77. The van der Waals surface area contributed by atoms with Gasteiger partial charge in [0.1, 0.15) is 12.4 Å². The maximum atomic E-state index is 13.3. The zero-order valence-electron chi connectivity index (χ0n) is 17.6. The van der Waals surface area contributed by atoms with Crippen LogP contribution < -0.4 is 4.74 Å². The minimum absolute atomic E-state index is 0.0854. The molecule has 7 nitrogen and oxygen atoms in total. The van der Waals surface area contributed by atoms with Crippen LogP contribution in [-0.2, 0) is 13.2 Å². The second kappa shape index (κ2) is 9.93. The Kier molecular flexibility index (Phi) is 6.82. The fourth-order valence-electron chi connectivity index (χ4n) is 3.05. The number of halogens is 1. The average Bonchev–Trinajstić information content (AvgIpc) is 3.48. The van der Waals surface area contributed by atoms with E-state index in [0.29, 0.717) is 40.3 Å². The Bertz CT molecular complexity index is 1190. The molecule has 0 saturated carbocycles. The molecule has 0 spiro atoms. The summed E-state index contributed by atoms with van der Waals surface area (Å²) < 4.78 is 11.6. The molecular weight excluding hydrogens is 448 g/mol. The van der Waals surface area contributed by atoms with Crippen molar-refractivity contribution in [1.82, 2.24) is 20.1 Å². The van der Waals surface area contributed by atoms with Crippen molar-refractivity contribution in [1.29, 1.82) is 0 Å². The maximum Gasteiger partial charge on any atom is 0.254 e. The van der Waals surface area contributed by atoms with Gasteiger partial charge >= 0.3 is 0 Å². The zero-order valence-corrected chi connectivity index (χ0v) is 19.1. The highest BCUT2D eigenvalue weighted by molar-refractivity contribution is 7.07. The number of carbonyl (C=O) groups excluding carboxylic acids is 1. The van der Waals surface area contributed by atoms with Crippen LogP contribution >= 0.6 is 22.9 Å². The van der Waals surface area contributed by atoms with Crippen molar-refractivity contribution in [2.24, 2.45) is 0 Å². The van der Waals surface area contributed by atoms with E-state index in [1.54, 1.807) is 34.7 Å². The van der Waals surface area contributed by atoms with Crippen LogP contribution in [0.3, 0.4) is 0 Å². The molecule has 164 valence electrons. The largest absolute Gasteiger partial charge is 0.487 e. The van der Waals surface area contributed by atoms with E-state index in [1.807, 2.05) is 43.5 Å². The second-order valence-corrected chi connectivity index (χ2v) is 8.43. The lowest BCUT2D eigenvalue weighted by Gasteiger charge is -2.25. The van der Waals surface area contributed by atoms with Gasteiger partial charge in [0.25, 0.3) is 5.91 Å². The van der Waals surface area contributed by atoms with E-state index in [4.69, 9.17) is 20.8 Å². The molecular formula is C23H21ClN4O3S. The Morgan fingerprint density at radius 1 is 1.19 bits per heavy atom. The molecule has 4 aromatic rings. The Hall–Kier alpha value is -3.23. The van der Waals surface area contributed by atoms with Crippen molar-refractivity contribution in [2.45, 2.75) is 33.0 Å². The predicted molar refractivity (Wildman–Crippen MR) is 123 cm³/mol. The number of hydrogen-bond acceptors (Lipinski definition) is 7. The number of amides is 1. The first-order chi connectivity index (χ1) is 15.5. The molecule has 0 atom stereocenters. The highest BCUT2D eigenvalue weighted by Gasteiger charge is 2.23. The van der Waals surface area contributed by atoms with Gasteiger partial charge < -0.3 is 14.1 Å². The van der Waals surface area contributed by atoms with Crippen LogP contribution in [0.4, 0.5) is 0 Å². The summed E-state index contributed by atoms with van der Waals surface area (Å²) in [4.78, 5) is 19.1. The maximum absolute atomic E-state index is 13.3. The molecule has 2 aromatic heterocycles. The topological polar surface area (TPSA) is 81.4 Å². The lowest BCUT2D eigenvalue weighted by molar-refractivity contribution is 0.0672. The molecule has 2 aromatic carbocycles. The van der Waals surface area contributed by atoms with Gasteiger partial charge in [-0.3, -0.25) is 4.79 Å². The third kappa shape index (κ3) is 5.15. The summed E-state index contributed by atoms with van der Waals surface area (Å²) in [6.07, 6.45) is 0. The number of rotatable bonds is 8. The van der Waals surface area contributed by atoms with E-state index in [-0.39, 0.29) is 18.5 Å². The number of aromatic nitrogens is 3. The zero-order chi connectivity index (χ0) is 22.5. The standard InChI is InChI=1S/C23H21ClN4O3S/c1-15(2)28(11-21-26-27-22(31-21)19-8-3-4-9-20(19)24)23(29)16-6-5-7-18(10-16)30-12-17-13-32-14-25-17/h3-10,13-15H,11-12H2,1-2H3. The van der Waals surface area contributed by atoms with Gasteiger partial charge in [-0.25, -0.2) is 4.98 Å². The predicted octanol–water partition coefficient (Wildman–Crippen LogP) is 5.48. The van der Waals surface area contributed by atoms with Crippen molar-refractivity contribution in [3.8, 4) is 17.2 Å². The van der Waals surface area contributed by atoms with Crippen molar-refractivity contribution < 1.29 is 13.9 Å². The van der Waals surface area contributed by atoms with Crippen LogP contribution in [0.1, 0.15) is 35.8 Å². The number of hydrogen-bond donors (Lipinski definition) is 0. The van der Waals surface area contributed by atoms with E-state index in [9.17, 15) is 4.79 Å². The molecule has 1 amide bonds. The number of nitrogens with zero attached hydrogens (tertiary/aromatic N) is 4. The molecule has 32 heavy (non-hydrogen) atoms. The van der Waals surface area contributed by atoms with Crippen molar-refractivity contribution >= 4 is 28.8 Å². The fraction of sp³-hybridized carbons (Fsp3) is 0.217. The molecule has 0 unspecified atom stereocenters. The highest BCUT2D eigenvalue weighted by atomic mass is 35.5. The quantitative estimate of drug-likeness (QED) is 0.340. The van der Waals surface area contributed by atoms with Gasteiger partial charge in [-0.1, -0.05) is 29.8 Å². The summed E-state index contributed by atoms with van der Waals surface area (Å²) in [6, 6.07) is 14.3. The molecule has 0 aliphatic heterocycles. The Labute approximate surface area is 194 Å². The first kappa shape index (κ1) is 22.0. The van der Waals surface area contributed by atoms with Crippen LogP contribution in [0.2, 0.25) is 5.02 Å². The summed E-state index contributed by atoms with van der Waals surface area (Å²) in [7, 11) is 0. The van der Waals surface area contributed by atoms with E-state index in [1.165, 1.54) is 11.3 Å². The molecule has 0 fully saturated rings. The highest BCUT2D eigenvalue weighted by Crippen LogP contribution is 2.27. The SMILES string of the molecule is CC(C)N(Cc1nnc(-c2ccccc2Cl)o1)C(=O)c1cccc(OCc2cscn2)c1. The molecule has 0 N–H and O–H groups in total. The summed E-state index contributed by atoms with van der Waals surface area (Å²) in [5, 5.41) is 10.6. The number of ether oxygens (including phenoxy) is 1. The third-order valence-electron chi connectivity index (χ3n) is 4.71. The van der Waals surface area contributed by atoms with Gasteiger partial charge in [-0.05, 0) is 44.2 Å². The number of benzene rings is 2. The van der Waals surface area contributed by atoms with Crippen LogP contribution in [0, 0.1) is 0 Å². The molecule has 0 aliphatic rings. The van der Waals surface area contributed by atoms with Crippen molar-refractivity contribution in [3.05, 3.63) is 81.6 Å². The molecule has 0 radical (unpaired) electrons. The minimum Gasteiger partial charge on any atom is -0.487 e. The molecule has 0 bridgehead atoms. The van der Waals surface area contributed by atoms with Gasteiger partial charge in [-0.2, -0.15) is 0 Å². The molecule has 4 rings (SSSR count). The molecule has 9 heteroatoms. The Morgan fingerprint density at radius 2 is 2.03 bits per heavy atom. The van der Waals surface area contributed by atoms with Crippen molar-refractivity contribution in [2.75, 3.05) is 0 Å². The van der Waals surface area contributed by atoms with Crippen molar-refractivity contribution in [3.63, 3.8) is 0 Å². The fourth-order valence-corrected chi connectivity index (χ4v) is 3.81.